The molecule has 0 amide bonds. The Balaban J connectivity index is 4.93. The Bertz CT molecular complexity index is 1040. The Morgan fingerprint density at radius 3 is 0.613 bits per heavy atom. The first-order valence-electron chi connectivity index (χ1n) is 20.6. The van der Waals surface area contributed by atoms with E-state index in [0.29, 0.717) is 77.8 Å². The molecule has 0 aliphatic carbocycles. The molecule has 0 aliphatic rings. The number of carbonyl (C=O) groups is 5. The molecule has 0 radical (unpaired) electrons. The lowest BCUT2D eigenvalue weighted by Gasteiger charge is -2.22. The van der Waals surface area contributed by atoms with E-state index in [1.54, 1.807) is 9.80 Å². The fourth-order valence-corrected chi connectivity index (χ4v) is 4.53. The first kappa shape index (κ1) is 56.4. The molecule has 356 valence electrons. The fourth-order valence-electron chi connectivity index (χ4n) is 4.53. The molecule has 0 spiro atoms. The highest BCUT2D eigenvalue weighted by Gasteiger charge is 2.15. The minimum absolute atomic E-state index is 0.0597. The maximum atomic E-state index is 12.5. The van der Waals surface area contributed by atoms with Crippen LogP contribution in [0.25, 0.3) is 0 Å². The van der Waals surface area contributed by atoms with Gasteiger partial charge in [0.25, 0.3) is 0 Å². The molecule has 0 fully saturated rings. The van der Waals surface area contributed by atoms with Crippen molar-refractivity contribution in [2.45, 2.75) is 51.4 Å². The molecule has 0 atom stereocenters. The van der Waals surface area contributed by atoms with Gasteiger partial charge in [-0.3, -0.25) is 9.80 Å². The minimum Gasteiger partial charge on any atom is -0.502 e. The van der Waals surface area contributed by atoms with E-state index >= 15 is 0 Å². The summed E-state index contributed by atoms with van der Waals surface area (Å²) in [6.45, 7) is 16.9. The number of carbonyl (C=O) groups excluding carboxylic acids is 5. The first-order valence-corrected chi connectivity index (χ1v) is 20.6. The van der Waals surface area contributed by atoms with Crippen LogP contribution >= 0.6 is 0 Å². The van der Waals surface area contributed by atoms with Gasteiger partial charge in [-0.25, -0.2) is 24.0 Å². The van der Waals surface area contributed by atoms with Crippen molar-refractivity contribution < 1.29 is 90.3 Å². The molecule has 21 nitrogen and oxygen atoms in total. The van der Waals surface area contributed by atoms with Gasteiger partial charge in [0.15, 0.2) is 0 Å². The first-order chi connectivity index (χ1) is 30.2. The molecule has 0 aliphatic heterocycles. The van der Waals surface area contributed by atoms with E-state index < -0.39 is 30.8 Å². The van der Waals surface area contributed by atoms with Gasteiger partial charge >= 0.3 is 30.8 Å². The van der Waals surface area contributed by atoms with Crippen LogP contribution in [0.1, 0.15) is 51.4 Å². The largest absolute Gasteiger partial charge is 0.508 e. The van der Waals surface area contributed by atoms with Crippen LogP contribution in [-0.2, 0) is 66.3 Å². The van der Waals surface area contributed by atoms with Crippen molar-refractivity contribution in [1.29, 1.82) is 0 Å². The van der Waals surface area contributed by atoms with E-state index in [4.69, 9.17) is 66.3 Å². The van der Waals surface area contributed by atoms with Crippen molar-refractivity contribution in [2.24, 2.45) is 0 Å². The monoisotopic (exact) mass is 892 g/mol. The Labute approximate surface area is 364 Å². The maximum Gasteiger partial charge on any atom is 0.508 e. The van der Waals surface area contributed by atoms with Gasteiger partial charge in [-0.05, 0) is 51.4 Å². The number of ether oxygens (including phenoxy) is 14. The number of rotatable bonds is 42. The summed E-state index contributed by atoms with van der Waals surface area (Å²) >= 11 is 0. The van der Waals surface area contributed by atoms with Gasteiger partial charge in [-0.2, -0.15) is 0 Å². The van der Waals surface area contributed by atoms with Crippen molar-refractivity contribution in [3.05, 3.63) is 51.4 Å². The van der Waals surface area contributed by atoms with Crippen LogP contribution in [0.2, 0.25) is 0 Å². The second-order valence-corrected chi connectivity index (χ2v) is 12.4. The molecule has 0 saturated carbocycles. The van der Waals surface area contributed by atoms with Crippen molar-refractivity contribution in [3.63, 3.8) is 0 Å². The number of nitrogens with zero attached hydrogens (tertiary/aromatic N) is 2. The van der Waals surface area contributed by atoms with Crippen LogP contribution in [0.3, 0.4) is 0 Å². The molecule has 0 heterocycles. The molecule has 0 unspecified atom stereocenters. The van der Waals surface area contributed by atoms with E-state index in [1.165, 1.54) is 25.0 Å². The van der Waals surface area contributed by atoms with Gasteiger partial charge in [0.05, 0.1) is 77.9 Å². The average molecular weight is 893 g/mol. The van der Waals surface area contributed by atoms with Crippen molar-refractivity contribution in [2.75, 3.05) is 132 Å². The van der Waals surface area contributed by atoms with Gasteiger partial charge in [-0.1, -0.05) is 26.3 Å². The molecular weight excluding hydrogens is 824 g/mol. The smallest absolute Gasteiger partial charge is 0.502 e. The zero-order valence-corrected chi connectivity index (χ0v) is 36.1. The standard InChI is InChI=1S/C41H68N2O19/c1-5-49-23-9-13-27-53-37(44)57-31-17-42(18-32-58-38(45)54-28-14-10-24-50-6-2)21-35-61-41(48)62-36-22-43(19-33-59-39(46)55-29-15-11-25-51-7-3)20-34-60-40(47)56-30-16-12-26-52-8-4/h5-8H,1-4,9-36H2. The maximum absolute atomic E-state index is 12.5. The lowest BCUT2D eigenvalue weighted by Crippen LogP contribution is -2.36. The Morgan fingerprint density at radius 2 is 0.435 bits per heavy atom. The predicted octanol–water partition coefficient (Wildman–Crippen LogP) is 6.12. The Morgan fingerprint density at radius 1 is 0.274 bits per heavy atom. The number of hydrogen-bond donors (Lipinski definition) is 0. The van der Waals surface area contributed by atoms with E-state index in [2.05, 4.69) is 26.3 Å². The van der Waals surface area contributed by atoms with Gasteiger partial charge in [0.2, 0.25) is 0 Å². The fraction of sp³-hybridized carbons (Fsp3) is 0.683. The van der Waals surface area contributed by atoms with E-state index in [0.717, 1.165) is 0 Å². The highest BCUT2D eigenvalue weighted by atomic mass is 16.7. The van der Waals surface area contributed by atoms with Crippen LogP contribution < -0.4 is 0 Å². The predicted molar refractivity (Wildman–Crippen MR) is 221 cm³/mol. The van der Waals surface area contributed by atoms with Crippen LogP contribution in [0, 0.1) is 0 Å². The summed E-state index contributed by atoms with van der Waals surface area (Å²) < 4.78 is 71.4. The van der Waals surface area contributed by atoms with Crippen molar-refractivity contribution >= 4 is 30.8 Å². The zero-order valence-electron chi connectivity index (χ0n) is 36.1. The third-order valence-electron chi connectivity index (χ3n) is 7.74. The van der Waals surface area contributed by atoms with Gasteiger partial charge in [0.1, 0.15) is 39.6 Å². The van der Waals surface area contributed by atoms with E-state index in [9.17, 15) is 24.0 Å². The van der Waals surface area contributed by atoms with Crippen LogP contribution in [0.15, 0.2) is 51.4 Å². The summed E-state index contributed by atoms with van der Waals surface area (Å²) in [5, 5.41) is 0. The molecule has 0 aromatic carbocycles. The molecule has 0 rings (SSSR count). The van der Waals surface area contributed by atoms with Crippen molar-refractivity contribution in [3.8, 4) is 0 Å². The third kappa shape index (κ3) is 39.9. The average Bonchev–Trinajstić information content (AvgIpc) is 3.25. The topological polar surface area (TPSA) is 221 Å². The molecule has 0 aromatic rings. The third-order valence-corrected chi connectivity index (χ3v) is 7.74. The zero-order chi connectivity index (χ0) is 45.6. The minimum atomic E-state index is -0.960. The normalized spacial score (nSPS) is 10.4. The molecular formula is C41H68N2O19. The van der Waals surface area contributed by atoms with Gasteiger partial charge in [0, 0.05) is 39.3 Å². The lowest BCUT2D eigenvalue weighted by atomic mass is 10.3. The quantitative estimate of drug-likeness (QED) is 0.0292. The molecule has 0 N–H and O–H groups in total. The Kier molecular flexibility index (Phi) is 39.6. The molecule has 62 heavy (non-hydrogen) atoms. The van der Waals surface area contributed by atoms with Crippen LogP contribution in [0.5, 0.6) is 0 Å². The summed E-state index contributed by atoms with van der Waals surface area (Å²) in [5.41, 5.74) is 0. The molecule has 21 heteroatoms. The summed E-state index contributed by atoms with van der Waals surface area (Å²) in [7, 11) is 0. The van der Waals surface area contributed by atoms with E-state index in [-0.39, 0.29) is 105 Å². The number of hydrogen-bond acceptors (Lipinski definition) is 21. The highest BCUT2D eigenvalue weighted by molar-refractivity contribution is 5.61. The van der Waals surface area contributed by atoms with Crippen LogP contribution in [0.4, 0.5) is 24.0 Å². The molecule has 0 aromatic heterocycles. The second kappa shape index (κ2) is 43.5. The lowest BCUT2D eigenvalue weighted by molar-refractivity contribution is 0.0209. The van der Waals surface area contributed by atoms with Crippen LogP contribution in [-0.4, -0.2) is 172 Å². The van der Waals surface area contributed by atoms with Gasteiger partial charge < -0.3 is 66.3 Å². The highest BCUT2D eigenvalue weighted by Crippen LogP contribution is 2.01. The summed E-state index contributed by atoms with van der Waals surface area (Å²) in [5.74, 6) is 0. The summed E-state index contributed by atoms with van der Waals surface area (Å²) in [6.07, 6.45) is 6.00. The molecule has 0 saturated heterocycles. The number of unbranched alkanes of at least 4 members (excludes halogenated alkanes) is 4. The second-order valence-electron chi connectivity index (χ2n) is 12.4. The van der Waals surface area contributed by atoms with E-state index in [1.807, 2.05) is 0 Å². The van der Waals surface area contributed by atoms with Crippen molar-refractivity contribution in [1.82, 2.24) is 9.80 Å². The van der Waals surface area contributed by atoms with Gasteiger partial charge in [-0.15, -0.1) is 0 Å². The summed E-state index contributed by atoms with van der Waals surface area (Å²) in [6, 6.07) is 0. The molecule has 0 bridgehead atoms. The SMILES string of the molecule is C=COCCCCOC(=O)OCCN(CCOC(=O)OCCCCOC=C)CCOC(=O)OCCN(CCOC(=O)OCCCCOC=C)CCOC(=O)OCCCCOC=C. The Hall–Kier alpha value is -5.57. The summed E-state index contributed by atoms with van der Waals surface area (Å²) in [4.78, 5) is 64.0.